The van der Waals surface area contributed by atoms with Crippen molar-refractivity contribution in [3.63, 3.8) is 0 Å². The third-order valence-corrected chi connectivity index (χ3v) is 2.73. The zero-order valence-corrected chi connectivity index (χ0v) is 7.82. The highest BCUT2D eigenvalue weighted by Gasteiger charge is 2.25. The molecule has 2 heteroatoms. The van der Waals surface area contributed by atoms with Crippen molar-refractivity contribution in [1.82, 2.24) is 0 Å². The molecule has 0 saturated heterocycles. The van der Waals surface area contributed by atoms with Gasteiger partial charge in [0.2, 0.25) is 6.29 Å². The monoisotopic (exact) mass is 180 g/mol. The second-order valence-electron chi connectivity index (χ2n) is 3.70. The summed E-state index contributed by atoms with van der Waals surface area (Å²) in [6.07, 6.45) is 13.6. The Kier molecular flexibility index (Phi) is 2.90. The van der Waals surface area contributed by atoms with E-state index >= 15 is 0 Å². The van der Waals surface area contributed by atoms with Gasteiger partial charge >= 0.3 is 0 Å². The third kappa shape index (κ3) is 2.27. The van der Waals surface area contributed by atoms with Crippen molar-refractivity contribution in [3.05, 3.63) is 24.7 Å². The van der Waals surface area contributed by atoms with Crippen molar-refractivity contribution >= 4 is 0 Å². The Morgan fingerprint density at radius 1 is 0.846 bits per heavy atom. The van der Waals surface area contributed by atoms with Crippen molar-refractivity contribution in [1.29, 1.82) is 0 Å². The first kappa shape index (κ1) is 8.67. The van der Waals surface area contributed by atoms with Gasteiger partial charge in [-0.2, -0.15) is 0 Å². The van der Waals surface area contributed by atoms with E-state index < -0.39 is 0 Å². The minimum Gasteiger partial charge on any atom is -0.462 e. The van der Waals surface area contributed by atoms with Crippen LogP contribution in [0.5, 0.6) is 0 Å². The van der Waals surface area contributed by atoms with E-state index in [4.69, 9.17) is 9.47 Å². The Labute approximate surface area is 79.2 Å². The molecule has 2 rings (SSSR count). The molecule has 0 radical (unpaired) electrons. The van der Waals surface area contributed by atoms with Gasteiger partial charge in [0.1, 0.15) is 0 Å². The molecule has 0 amide bonds. The first-order chi connectivity index (χ1) is 6.47. The number of ether oxygens (including phenoxy) is 2. The van der Waals surface area contributed by atoms with Crippen LogP contribution in [0.1, 0.15) is 32.1 Å². The van der Waals surface area contributed by atoms with Crippen LogP contribution in [0.3, 0.4) is 0 Å². The summed E-state index contributed by atoms with van der Waals surface area (Å²) in [6.45, 7) is 0. The lowest BCUT2D eigenvalue weighted by atomic mass is 9.89. The van der Waals surface area contributed by atoms with E-state index in [1.54, 1.807) is 12.5 Å². The smallest absolute Gasteiger partial charge is 0.242 e. The zero-order valence-electron chi connectivity index (χ0n) is 7.82. The summed E-state index contributed by atoms with van der Waals surface area (Å²) >= 11 is 0. The van der Waals surface area contributed by atoms with Gasteiger partial charge in [0, 0.05) is 5.92 Å². The topological polar surface area (TPSA) is 18.5 Å². The summed E-state index contributed by atoms with van der Waals surface area (Å²) in [6, 6.07) is 0. The molecule has 0 aromatic rings. The van der Waals surface area contributed by atoms with E-state index in [0.717, 1.165) is 0 Å². The first-order valence-electron chi connectivity index (χ1n) is 5.09. The molecule has 0 atom stereocenters. The van der Waals surface area contributed by atoms with Crippen LogP contribution < -0.4 is 0 Å². The van der Waals surface area contributed by atoms with E-state index in [1.807, 2.05) is 12.2 Å². The van der Waals surface area contributed by atoms with Gasteiger partial charge in [0.25, 0.3) is 0 Å². The third-order valence-electron chi connectivity index (χ3n) is 2.73. The molecule has 1 saturated carbocycles. The molecule has 2 aliphatic rings. The maximum atomic E-state index is 5.48. The molecule has 0 aromatic carbocycles. The summed E-state index contributed by atoms with van der Waals surface area (Å²) in [5.41, 5.74) is 0. The summed E-state index contributed by atoms with van der Waals surface area (Å²) in [4.78, 5) is 0. The standard InChI is InChI=1S/C11H16O2/c1-2-6-10(7-3-1)11-12-8-4-5-9-13-11/h4-5,8-11H,1-3,6-7H2. The molecule has 1 aliphatic heterocycles. The van der Waals surface area contributed by atoms with Gasteiger partial charge in [0.05, 0.1) is 12.5 Å². The minimum absolute atomic E-state index is 0.0460. The van der Waals surface area contributed by atoms with E-state index in [1.165, 1.54) is 32.1 Å². The van der Waals surface area contributed by atoms with Crippen molar-refractivity contribution in [2.45, 2.75) is 38.4 Å². The Bertz CT molecular complexity index is 188. The van der Waals surface area contributed by atoms with Gasteiger partial charge in [-0.1, -0.05) is 19.3 Å². The maximum absolute atomic E-state index is 5.48. The summed E-state index contributed by atoms with van der Waals surface area (Å²) in [5.74, 6) is 0.584. The van der Waals surface area contributed by atoms with Gasteiger partial charge < -0.3 is 9.47 Å². The van der Waals surface area contributed by atoms with Gasteiger partial charge in [0.15, 0.2) is 0 Å². The minimum atomic E-state index is -0.0460. The molecular formula is C11H16O2. The van der Waals surface area contributed by atoms with Gasteiger partial charge in [-0.05, 0) is 25.0 Å². The molecule has 13 heavy (non-hydrogen) atoms. The van der Waals surface area contributed by atoms with Gasteiger partial charge in [-0.3, -0.25) is 0 Å². The van der Waals surface area contributed by atoms with Crippen molar-refractivity contribution < 1.29 is 9.47 Å². The molecule has 1 heterocycles. The van der Waals surface area contributed by atoms with Crippen LogP contribution >= 0.6 is 0 Å². The SMILES string of the molecule is C1=COC(C2CCCCC2)OC=C1. The fourth-order valence-corrected chi connectivity index (χ4v) is 2.00. The van der Waals surface area contributed by atoms with Crippen LogP contribution in [0.4, 0.5) is 0 Å². The number of hydrogen-bond donors (Lipinski definition) is 0. The molecule has 2 nitrogen and oxygen atoms in total. The maximum Gasteiger partial charge on any atom is 0.242 e. The lowest BCUT2D eigenvalue weighted by Gasteiger charge is -2.27. The van der Waals surface area contributed by atoms with Crippen LogP contribution in [-0.4, -0.2) is 6.29 Å². The highest BCUT2D eigenvalue weighted by atomic mass is 16.7. The number of hydrogen-bond acceptors (Lipinski definition) is 2. The van der Waals surface area contributed by atoms with Crippen molar-refractivity contribution in [2.24, 2.45) is 5.92 Å². The van der Waals surface area contributed by atoms with Crippen LogP contribution in [-0.2, 0) is 9.47 Å². The van der Waals surface area contributed by atoms with E-state index in [-0.39, 0.29) is 6.29 Å². The Morgan fingerprint density at radius 2 is 1.46 bits per heavy atom. The van der Waals surface area contributed by atoms with Crippen molar-refractivity contribution in [2.75, 3.05) is 0 Å². The first-order valence-corrected chi connectivity index (χ1v) is 5.09. The lowest BCUT2D eigenvalue weighted by Crippen LogP contribution is -2.25. The Balaban J connectivity index is 1.90. The quantitative estimate of drug-likeness (QED) is 0.617. The molecule has 72 valence electrons. The summed E-state index contributed by atoms with van der Waals surface area (Å²) in [7, 11) is 0. The average molecular weight is 180 g/mol. The summed E-state index contributed by atoms with van der Waals surface area (Å²) in [5, 5.41) is 0. The second kappa shape index (κ2) is 4.35. The van der Waals surface area contributed by atoms with Crippen LogP contribution in [0, 0.1) is 5.92 Å². The average Bonchev–Trinajstić information content (AvgIpc) is 2.47. The Morgan fingerprint density at radius 3 is 2.08 bits per heavy atom. The largest absolute Gasteiger partial charge is 0.462 e. The van der Waals surface area contributed by atoms with Crippen LogP contribution in [0.25, 0.3) is 0 Å². The van der Waals surface area contributed by atoms with E-state index in [2.05, 4.69) is 0 Å². The van der Waals surface area contributed by atoms with E-state index in [9.17, 15) is 0 Å². The van der Waals surface area contributed by atoms with Gasteiger partial charge in [-0.15, -0.1) is 0 Å². The summed E-state index contributed by atoms with van der Waals surface area (Å²) < 4.78 is 11.0. The van der Waals surface area contributed by atoms with Crippen LogP contribution in [0.2, 0.25) is 0 Å². The number of rotatable bonds is 1. The molecule has 0 aromatic heterocycles. The predicted molar refractivity (Wildman–Crippen MR) is 50.8 cm³/mol. The molecule has 0 spiro atoms. The fourth-order valence-electron chi connectivity index (χ4n) is 2.00. The molecule has 0 unspecified atom stereocenters. The predicted octanol–water partition coefficient (Wildman–Crippen LogP) is 2.97. The van der Waals surface area contributed by atoms with Gasteiger partial charge in [-0.25, -0.2) is 0 Å². The fraction of sp³-hybridized carbons (Fsp3) is 0.636. The second-order valence-corrected chi connectivity index (χ2v) is 3.70. The number of allylic oxidation sites excluding steroid dienone is 2. The highest BCUT2D eigenvalue weighted by molar-refractivity contribution is 4.98. The molecule has 1 aliphatic carbocycles. The normalized spacial score (nSPS) is 24.9. The van der Waals surface area contributed by atoms with Crippen LogP contribution in [0.15, 0.2) is 24.7 Å². The molecular weight excluding hydrogens is 164 g/mol. The molecule has 1 fully saturated rings. The highest BCUT2D eigenvalue weighted by Crippen LogP contribution is 2.29. The Hall–Kier alpha value is -0.920. The zero-order chi connectivity index (χ0) is 8.93. The molecule has 0 bridgehead atoms. The lowest BCUT2D eigenvalue weighted by molar-refractivity contribution is -0.106. The van der Waals surface area contributed by atoms with Crippen molar-refractivity contribution in [3.8, 4) is 0 Å². The molecule has 0 N–H and O–H groups in total. The van der Waals surface area contributed by atoms with E-state index in [0.29, 0.717) is 5.92 Å².